The number of aryl methyl sites for hydroxylation is 1. The highest BCUT2D eigenvalue weighted by Crippen LogP contribution is 2.09. The zero-order valence-electron chi connectivity index (χ0n) is 13.3. The van der Waals surface area contributed by atoms with Crippen LogP contribution in [0.1, 0.15) is 18.9 Å². The Hall–Kier alpha value is -2.47. The van der Waals surface area contributed by atoms with Crippen LogP contribution in [0.15, 0.2) is 55.4 Å². The molecular weight excluding hydrogens is 288 g/mol. The van der Waals surface area contributed by atoms with Crippen molar-refractivity contribution in [2.75, 3.05) is 6.54 Å². The third-order valence-electron chi connectivity index (χ3n) is 3.87. The van der Waals surface area contributed by atoms with Gasteiger partial charge in [0.1, 0.15) is 12.7 Å². The first-order valence-corrected chi connectivity index (χ1v) is 7.96. The van der Waals surface area contributed by atoms with Crippen LogP contribution >= 0.6 is 0 Å². The molecule has 120 valence electrons. The van der Waals surface area contributed by atoms with E-state index in [1.807, 2.05) is 21.6 Å². The highest BCUT2D eigenvalue weighted by molar-refractivity contribution is 5.33. The first kappa shape index (κ1) is 15.4. The second-order valence-electron chi connectivity index (χ2n) is 5.67. The van der Waals surface area contributed by atoms with Crippen LogP contribution < -0.4 is 5.32 Å². The van der Waals surface area contributed by atoms with E-state index >= 15 is 0 Å². The molecule has 0 aliphatic rings. The van der Waals surface area contributed by atoms with E-state index in [1.54, 1.807) is 18.9 Å². The van der Waals surface area contributed by atoms with Gasteiger partial charge in [0, 0.05) is 25.0 Å². The Balaban J connectivity index is 1.40. The minimum Gasteiger partial charge on any atom is -0.314 e. The van der Waals surface area contributed by atoms with Crippen molar-refractivity contribution in [1.82, 2.24) is 29.9 Å². The number of nitrogens with zero attached hydrogens (tertiary/aromatic N) is 5. The van der Waals surface area contributed by atoms with E-state index in [4.69, 9.17) is 0 Å². The van der Waals surface area contributed by atoms with Crippen LogP contribution in [0.5, 0.6) is 0 Å². The molecule has 0 radical (unpaired) electrons. The molecule has 23 heavy (non-hydrogen) atoms. The molecule has 6 heteroatoms. The molecule has 3 aromatic rings. The number of benzene rings is 1. The van der Waals surface area contributed by atoms with Crippen LogP contribution in [-0.2, 0) is 13.0 Å². The molecule has 1 aromatic carbocycles. The van der Waals surface area contributed by atoms with Crippen molar-refractivity contribution >= 4 is 0 Å². The molecule has 0 fully saturated rings. The normalized spacial score (nSPS) is 12.4. The maximum absolute atomic E-state index is 4.24. The van der Waals surface area contributed by atoms with E-state index in [0.717, 1.165) is 31.6 Å². The summed E-state index contributed by atoms with van der Waals surface area (Å²) in [6, 6.07) is 10.9. The summed E-state index contributed by atoms with van der Waals surface area (Å²) in [5.41, 5.74) is 2.42. The quantitative estimate of drug-likeness (QED) is 0.692. The first-order chi connectivity index (χ1) is 11.3. The van der Waals surface area contributed by atoms with E-state index in [0.29, 0.717) is 6.04 Å². The van der Waals surface area contributed by atoms with Crippen LogP contribution in [0.3, 0.4) is 0 Å². The fourth-order valence-corrected chi connectivity index (χ4v) is 2.48. The first-order valence-electron chi connectivity index (χ1n) is 7.96. The number of aromatic nitrogens is 5. The Morgan fingerprint density at radius 2 is 2.04 bits per heavy atom. The van der Waals surface area contributed by atoms with Gasteiger partial charge in [-0.05, 0) is 50.1 Å². The average Bonchev–Trinajstić information content (AvgIpc) is 3.27. The second kappa shape index (κ2) is 7.69. The number of nitrogens with one attached hydrogen (secondary N) is 1. The summed E-state index contributed by atoms with van der Waals surface area (Å²) < 4.78 is 3.74. The molecule has 0 unspecified atom stereocenters. The SMILES string of the molecule is C[C@@H](CCn1cncn1)NCCc1ccc(-n2cccn2)cc1. The Morgan fingerprint density at radius 1 is 1.17 bits per heavy atom. The molecule has 0 bridgehead atoms. The predicted molar refractivity (Wildman–Crippen MR) is 89.4 cm³/mol. The second-order valence-corrected chi connectivity index (χ2v) is 5.67. The van der Waals surface area contributed by atoms with Gasteiger partial charge in [-0.1, -0.05) is 12.1 Å². The fraction of sp³-hybridized carbons (Fsp3) is 0.353. The summed E-state index contributed by atoms with van der Waals surface area (Å²) in [5, 5.41) is 11.9. The molecular formula is C17H22N6. The smallest absolute Gasteiger partial charge is 0.137 e. The lowest BCUT2D eigenvalue weighted by Crippen LogP contribution is -2.29. The molecule has 0 amide bonds. The number of hydrogen-bond acceptors (Lipinski definition) is 4. The summed E-state index contributed by atoms with van der Waals surface area (Å²) in [5.74, 6) is 0. The van der Waals surface area contributed by atoms with Gasteiger partial charge >= 0.3 is 0 Å². The summed E-state index contributed by atoms with van der Waals surface area (Å²) in [6.45, 7) is 4.07. The van der Waals surface area contributed by atoms with Crippen molar-refractivity contribution in [3.63, 3.8) is 0 Å². The van der Waals surface area contributed by atoms with Gasteiger partial charge < -0.3 is 5.32 Å². The van der Waals surface area contributed by atoms with Crippen molar-refractivity contribution in [2.24, 2.45) is 0 Å². The topological polar surface area (TPSA) is 60.6 Å². The van der Waals surface area contributed by atoms with Crippen LogP contribution in [-0.4, -0.2) is 37.1 Å². The molecule has 3 rings (SSSR count). The molecule has 0 saturated heterocycles. The van der Waals surface area contributed by atoms with Gasteiger partial charge in [0.2, 0.25) is 0 Å². The average molecular weight is 310 g/mol. The monoisotopic (exact) mass is 310 g/mol. The standard InChI is InChI=1S/C17H22N6/c1-15(8-12-22-14-18-13-21-22)19-10-7-16-3-5-17(6-4-16)23-11-2-9-20-23/h2-6,9,11,13-15,19H,7-8,10,12H2,1H3/t15-/m0/s1. The molecule has 0 aliphatic heterocycles. The largest absolute Gasteiger partial charge is 0.314 e. The molecule has 2 aromatic heterocycles. The van der Waals surface area contributed by atoms with E-state index < -0.39 is 0 Å². The van der Waals surface area contributed by atoms with Crippen LogP contribution in [0.2, 0.25) is 0 Å². The van der Waals surface area contributed by atoms with Gasteiger partial charge in [0.15, 0.2) is 0 Å². The summed E-state index contributed by atoms with van der Waals surface area (Å²) in [4.78, 5) is 3.95. The van der Waals surface area contributed by atoms with E-state index in [9.17, 15) is 0 Å². The van der Waals surface area contributed by atoms with Crippen molar-refractivity contribution in [1.29, 1.82) is 0 Å². The summed E-state index contributed by atoms with van der Waals surface area (Å²) in [6.07, 6.45) is 9.14. The maximum Gasteiger partial charge on any atom is 0.137 e. The van der Waals surface area contributed by atoms with Crippen molar-refractivity contribution in [2.45, 2.75) is 32.4 Å². The zero-order valence-corrected chi connectivity index (χ0v) is 13.3. The van der Waals surface area contributed by atoms with Crippen molar-refractivity contribution in [3.8, 4) is 5.69 Å². The molecule has 1 N–H and O–H groups in total. The van der Waals surface area contributed by atoms with Gasteiger partial charge in [0.25, 0.3) is 0 Å². The third-order valence-corrected chi connectivity index (χ3v) is 3.87. The Labute approximate surface area is 136 Å². The Kier molecular flexibility index (Phi) is 5.16. The molecule has 0 saturated carbocycles. The highest BCUT2D eigenvalue weighted by atomic mass is 15.3. The van der Waals surface area contributed by atoms with Crippen molar-refractivity contribution in [3.05, 3.63) is 60.9 Å². The van der Waals surface area contributed by atoms with E-state index in [-0.39, 0.29) is 0 Å². The fourth-order valence-electron chi connectivity index (χ4n) is 2.48. The maximum atomic E-state index is 4.24. The van der Waals surface area contributed by atoms with Gasteiger partial charge in [-0.25, -0.2) is 9.67 Å². The highest BCUT2D eigenvalue weighted by Gasteiger charge is 2.03. The molecule has 2 heterocycles. The molecule has 6 nitrogen and oxygen atoms in total. The lowest BCUT2D eigenvalue weighted by molar-refractivity contribution is 0.460. The van der Waals surface area contributed by atoms with Gasteiger partial charge in [-0.15, -0.1) is 0 Å². The summed E-state index contributed by atoms with van der Waals surface area (Å²) >= 11 is 0. The third kappa shape index (κ3) is 4.50. The van der Waals surface area contributed by atoms with Gasteiger partial charge in [0.05, 0.1) is 5.69 Å². The van der Waals surface area contributed by atoms with Crippen LogP contribution in [0.4, 0.5) is 0 Å². The van der Waals surface area contributed by atoms with Crippen LogP contribution in [0.25, 0.3) is 5.69 Å². The minimum atomic E-state index is 0.461. The van der Waals surface area contributed by atoms with E-state index in [2.05, 4.69) is 51.7 Å². The minimum absolute atomic E-state index is 0.461. The lowest BCUT2D eigenvalue weighted by atomic mass is 10.1. The summed E-state index contributed by atoms with van der Waals surface area (Å²) in [7, 11) is 0. The van der Waals surface area contributed by atoms with Gasteiger partial charge in [-0.2, -0.15) is 10.2 Å². The Morgan fingerprint density at radius 3 is 2.74 bits per heavy atom. The zero-order chi connectivity index (χ0) is 15.9. The van der Waals surface area contributed by atoms with Gasteiger partial charge in [-0.3, -0.25) is 4.68 Å². The Bertz CT molecular complexity index is 672. The number of rotatable bonds is 8. The lowest BCUT2D eigenvalue weighted by Gasteiger charge is -2.13. The molecule has 1 atom stereocenters. The van der Waals surface area contributed by atoms with Crippen LogP contribution in [0, 0.1) is 0 Å². The predicted octanol–water partition coefficient (Wildman–Crippen LogP) is 2.07. The van der Waals surface area contributed by atoms with E-state index in [1.165, 1.54) is 5.56 Å². The number of hydrogen-bond donors (Lipinski definition) is 1. The molecule has 0 spiro atoms. The molecule has 0 aliphatic carbocycles. The van der Waals surface area contributed by atoms with Crippen molar-refractivity contribution < 1.29 is 0 Å².